The van der Waals surface area contributed by atoms with Gasteiger partial charge in [0, 0.05) is 6.20 Å². The summed E-state index contributed by atoms with van der Waals surface area (Å²) in [5.41, 5.74) is 7.25. The first-order chi connectivity index (χ1) is 40.5. The molecule has 9 aromatic carbocycles. The van der Waals surface area contributed by atoms with E-state index in [9.17, 15) is 5.48 Å². The topological polar surface area (TPSA) is 41.8 Å². The van der Waals surface area contributed by atoms with Gasteiger partial charge >= 0.3 is 408 Å². The van der Waals surface area contributed by atoms with Gasteiger partial charge in [-0.15, -0.1) is 0 Å². The summed E-state index contributed by atoms with van der Waals surface area (Å²) in [5, 5.41) is 3.89. The van der Waals surface area contributed by atoms with E-state index < -0.39 is 65.8 Å². The average Bonchev–Trinajstić information content (AvgIpc) is 1.83. The van der Waals surface area contributed by atoms with Crippen LogP contribution < -0.4 is 4.74 Å². The minimum absolute atomic E-state index is 0.130. The first-order valence-corrected chi connectivity index (χ1v) is 25.9. The van der Waals surface area contributed by atoms with Crippen molar-refractivity contribution in [3.63, 3.8) is 0 Å². The second-order valence-corrected chi connectivity index (χ2v) is 21.7. The minimum atomic E-state index is -0.585. The Bertz CT molecular complexity index is 4860. The molecule has 7 heteroatoms. The van der Waals surface area contributed by atoms with E-state index in [4.69, 9.17) is 17.9 Å². The molecule has 0 saturated heterocycles. The van der Waals surface area contributed by atoms with Crippen molar-refractivity contribution in [3.05, 3.63) is 239 Å². The van der Waals surface area contributed by atoms with E-state index >= 15 is 0 Å². The molecule has 368 valence electrons. The molecule has 13 rings (SSSR count). The molecule has 6 nitrogen and oxygen atoms in total. The second-order valence-electron chi connectivity index (χ2n) is 20.7. The number of hydrogen-bond donors (Lipinski definition) is 0. The molecule has 0 radical (unpaired) electrons. The Labute approximate surface area is 461 Å². The van der Waals surface area contributed by atoms with E-state index in [1.165, 1.54) is 0 Å². The molecule has 13 aromatic rings. The van der Waals surface area contributed by atoms with Gasteiger partial charge in [-0.05, 0) is 17.0 Å². The van der Waals surface area contributed by atoms with Gasteiger partial charge in [-0.3, -0.25) is 0 Å². The van der Waals surface area contributed by atoms with E-state index in [0.29, 0.717) is 37.7 Å². The molecule has 0 spiro atoms. The van der Waals surface area contributed by atoms with Crippen LogP contribution in [0.3, 0.4) is 0 Å². The molecular weight excluding hydrogens is 1100 g/mol. The summed E-state index contributed by atoms with van der Waals surface area (Å²) in [7, 11) is 0. The van der Waals surface area contributed by atoms with Crippen molar-refractivity contribution in [1.82, 2.24) is 23.3 Å². The van der Waals surface area contributed by atoms with Crippen molar-refractivity contribution < 1.29 is 37.8 Å². The van der Waals surface area contributed by atoms with Gasteiger partial charge in [0.15, 0.2) is 0 Å². The molecule has 0 aliphatic rings. The molecule has 0 saturated carbocycles. The zero-order chi connectivity index (χ0) is 59.9. The summed E-state index contributed by atoms with van der Waals surface area (Å²) in [6.45, 7) is 13.0. The fourth-order valence-corrected chi connectivity index (χ4v) is 11.5. The summed E-state index contributed by atoms with van der Waals surface area (Å²) in [6, 6.07) is 48.9. The number of imidazole rings is 1. The SMILES string of the molecule is [2H]c1c([2H])c([2H])c(-c2cc(-n3c4ccccc4c4ccccc43)cc(-c3c([2H])c([2H])c([2H])c([2H])c3[2H])c2-n2[c](=[Pt])n(-c3[c-]c(Oc4[c-]c5c(cc4C(C)(C)C)c4ccccc4n5-c4cc(C(C)(C)C)ccn4)ccc3)c3ccccc32)c([2H])c1[2H]. The Morgan fingerprint density at radius 2 is 1.04 bits per heavy atom. The number of aromatic nitrogens is 5. The zero-order valence-corrected chi connectivity index (χ0v) is 44.2. The third kappa shape index (κ3) is 7.90. The van der Waals surface area contributed by atoms with Crippen LogP contribution in [0.1, 0.15) is 66.4 Å². The van der Waals surface area contributed by atoms with Crippen LogP contribution in [0.15, 0.2) is 212 Å². The molecule has 75 heavy (non-hydrogen) atoms. The molecule has 0 bridgehead atoms. The summed E-state index contributed by atoms with van der Waals surface area (Å²) in [4.78, 5) is 4.91. The van der Waals surface area contributed by atoms with Crippen molar-refractivity contribution in [1.29, 1.82) is 0 Å². The maximum atomic E-state index is 9.60. The van der Waals surface area contributed by atoms with E-state index in [1.807, 2.05) is 123 Å². The third-order valence-electron chi connectivity index (χ3n) is 13.9. The number of rotatable bonds is 8. The Morgan fingerprint density at radius 1 is 0.507 bits per heavy atom. The molecular formula is C68H53N5OPt-2. The Hall–Kier alpha value is -8.31. The van der Waals surface area contributed by atoms with Gasteiger partial charge in [0.05, 0.1) is 0 Å². The van der Waals surface area contributed by atoms with Crippen molar-refractivity contribution in [2.75, 3.05) is 0 Å². The number of para-hydroxylation sites is 5. The van der Waals surface area contributed by atoms with Gasteiger partial charge in [0.25, 0.3) is 0 Å². The van der Waals surface area contributed by atoms with E-state index in [2.05, 4.69) is 108 Å². The van der Waals surface area contributed by atoms with Crippen LogP contribution in [-0.4, -0.2) is 23.3 Å². The molecule has 0 amide bonds. The Kier molecular flexibility index (Phi) is 8.76. The maximum absolute atomic E-state index is 9.60. The summed E-state index contributed by atoms with van der Waals surface area (Å²) in [6.07, 6.45) is 1.85. The van der Waals surface area contributed by atoms with Crippen molar-refractivity contribution in [2.45, 2.75) is 52.4 Å². The van der Waals surface area contributed by atoms with Gasteiger partial charge in [0.2, 0.25) is 0 Å². The molecule has 4 aromatic heterocycles. The Balaban J connectivity index is 1.08. The summed E-state index contributed by atoms with van der Waals surface area (Å²) >= 11 is 2.19. The van der Waals surface area contributed by atoms with Gasteiger partial charge in [-0.1, -0.05) is 32.9 Å². The van der Waals surface area contributed by atoms with Gasteiger partial charge in [-0.2, -0.15) is 0 Å². The first-order valence-electron chi connectivity index (χ1n) is 29.7. The van der Waals surface area contributed by atoms with Gasteiger partial charge < -0.3 is 0 Å². The molecule has 0 fully saturated rings. The number of benzene rings is 9. The first kappa shape index (κ1) is 36.6. The number of fused-ring (bicyclic) bond motifs is 7. The van der Waals surface area contributed by atoms with Crippen molar-refractivity contribution in [2.24, 2.45) is 0 Å². The predicted octanol–water partition coefficient (Wildman–Crippen LogP) is 17.4. The van der Waals surface area contributed by atoms with Gasteiger partial charge in [0.1, 0.15) is 0 Å². The molecule has 0 atom stereocenters. The van der Waals surface area contributed by atoms with Crippen LogP contribution in [0.25, 0.3) is 99.8 Å². The average molecular weight is 1160 g/mol. The van der Waals surface area contributed by atoms with Crippen LogP contribution in [-0.2, 0) is 30.2 Å². The monoisotopic (exact) mass is 1160 g/mol. The van der Waals surface area contributed by atoms with Crippen LogP contribution in [0.2, 0.25) is 0 Å². The molecule has 4 heterocycles. The number of nitrogens with zero attached hydrogens (tertiary/aromatic N) is 5. The van der Waals surface area contributed by atoms with E-state index in [0.717, 1.165) is 60.6 Å². The fourth-order valence-electron chi connectivity index (χ4n) is 10.4. The van der Waals surface area contributed by atoms with Crippen molar-refractivity contribution in [3.8, 4) is 56.6 Å². The van der Waals surface area contributed by atoms with Crippen LogP contribution >= 0.6 is 0 Å². The zero-order valence-electron chi connectivity index (χ0n) is 51.9. The standard InChI is InChI=1S/C68H53N5O.Pt/c1-67(2,3)47-36-37-69-65(38-47)73-60-33-18-15-30-53(60)56-42-57(68(4,5)6)64(43-63(56)73)74-50-27-21-26-48(39-50)70-44-71(62-35-20-19-34-61(62)70)66-54(45-22-9-7-10-23-45)40-49(41-55(66)46-24-11-8-12-25-46)72-58-31-16-13-28-51(58)52-29-14-17-32-59(52)72;/h7-38,40-42H,1-6H3;/q-2;/i7D,8D,9D,10D,11D,12D,22D,23D,24D,25D;. The number of hydrogen-bond acceptors (Lipinski definition) is 2. The van der Waals surface area contributed by atoms with E-state index in [-0.39, 0.29) is 33.4 Å². The number of ether oxygens (including phenoxy) is 1. The number of pyridine rings is 1. The summed E-state index contributed by atoms with van der Waals surface area (Å²) < 4.78 is 107. The van der Waals surface area contributed by atoms with Crippen LogP contribution in [0.4, 0.5) is 0 Å². The molecule has 0 aliphatic carbocycles. The normalized spacial score (nSPS) is 14.1. The molecule has 0 unspecified atom stereocenters. The second kappa shape index (κ2) is 18.0. The Morgan fingerprint density at radius 3 is 1.61 bits per heavy atom. The van der Waals surface area contributed by atoms with E-state index in [1.54, 1.807) is 12.1 Å². The van der Waals surface area contributed by atoms with Crippen LogP contribution in [0.5, 0.6) is 11.5 Å². The fraction of sp³-hybridized carbons (Fsp3) is 0.118. The third-order valence-corrected chi connectivity index (χ3v) is 14.9. The molecule has 0 aliphatic heterocycles. The summed E-state index contributed by atoms with van der Waals surface area (Å²) in [5.74, 6) is 1.64. The predicted molar refractivity (Wildman–Crippen MR) is 305 cm³/mol. The van der Waals surface area contributed by atoms with Gasteiger partial charge in [-0.25, -0.2) is 0 Å². The molecule has 0 N–H and O–H groups in total. The quantitative estimate of drug-likeness (QED) is 0.142. The van der Waals surface area contributed by atoms with Crippen LogP contribution in [0, 0.1) is 15.9 Å². The van der Waals surface area contributed by atoms with Crippen molar-refractivity contribution >= 4 is 54.6 Å².